The molecule has 0 unspecified atom stereocenters. The molecule has 19 heavy (non-hydrogen) atoms. The van der Waals surface area contributed by atoms with Crippen molar-refractivity contribution in [1.82, 2.24) is 5.32 Å². The predicted molar refractivity (Wildman–Crippen MR) is 76.7 cm³/mol. The van der Waals surface area contributed by atoms with Crippen LogP contribution in [0.25, 0.3) is 0 Å². The summed E-state index contributed by atoms with van der Waals surface area (Å²) in [6.07, 6.45) is 8.68. The molecule has 0 saturated heterocycles. The van der Waals surface area contributed by atoms with Crippen LogP contribution in [0, 0.1) is 0 Å². The highest BCUT2D eigenvalue weighted by Gasteiger charge is 2.30. The van der Waals surface area contributed by atoms with Gasteiger partial charge in [0.2, 0.25) is 5.76 Å². The van der Waals surface area contributed by atoms with E-state index in [1.165, 1.54) is 38.2 Å². The smallest absolute Gasteiger partial charge is 0.371 e. The Balaban J connectivity index is 1.82. The lowest BCUT2D eigenvalue weighted by molar-refractivity contribution is 0.0660. The van der Waals surface area contributed by atoms with E-state index in [1.54, 1.807) is 6.07 Å². The molecular formula is C14H21NO3S. The van der Waals surface area contributed by atoms with Crippen molar-refractivity contribution in [2.45, 2.75) is 43.4 Å². The van der Waals surface area contributed by atoms with E-state index in [9.17, 15) is 4.79 Å². The Morgan fingerprint density at radius 2 is 2.16 bits per heavy atom. The van der Waals surface area contributed by atoms with Crippen LogP contribution in [-0.2, 0) is 6.54 Å². The van der Waals surface area contributed by atoms with Crippen molar-refractivity contribution in [2.75, 3.05) is 12.8 Å². The molecule has 2 N–H and O–H groups in total. The van der Waals surface area contributed by atoms with E-state index in [0.29, 0.717) is 17.1 Å². The van der Waals surface area contributed by atoms with Gasteiger partial charge >= 0.3 is 5.97 Å². The summed E-state index contributed by atoms with van der Waals surface area (Å²) in [5, 5.41) is 12.2. The van der Waals surface area contributed by atoms with Crippen molar-refractivity contribution in [1.29, 1.82) is 0 Å². The van der Waals surface area contributed by atoms with Crippen molar-refractivity contribution >= 4 is 17.7 Å². The van der Waals surface area contributed by atoms with Crippen molar-refractivity contribution in [3.05, 3.63) is 23.7 Å². The summed E-state index contributed by atoms with van der Waals surface area (Å²) in [6, 6.07) is 3.23. The Labute approximate surface area is 117 Å². The molecule has 106 valence electrons. The molecule has 4 nitrogen and oxygen atoms in total. The number of thioether (sulfide) groups is 1. The van der Waals surface area contributed by atoms with Crippen LogP contribution >= 0.6 is 11.8 Å². The highest BCUT2D eigenvalue weighted by molar-refractivity contribution is 8.00. The highest BCUT2D eigenvalue weighted by Crippen LogP contribution is 2.37. The summed E-state index contributed by atoms with van der Waals surface area (Å²) < 4.78 is 5.58. The second-order valence-corrected chi connectivity index (χ2v) is 6.40. The molecule has 0 aliphatic heterocycles. The summed E-state index contributed by atoms with van der Waals surface area (Å²) in [5.41, 5.74) is 0. The maximum atomic E-state index is 10.7. The number of rotatable bonds is 6. The molecule has 2 rings (SSSR count). The summed E-state index contributed by atoms with van der Waals surface area (Å²) in [6.45, 7) is 1.55. The van der Waals surface area contributed by atoms with Gasteiger partial charge in [0, 0.05) is 11.3 Å². The summed E-state index contributed by atoms with van der Waals surface area (Å²) >= 11 is 1.95. The molecule has 0 radical (unpaired) electrons. The quantitative estimate of drug-likeness (QED) is 0.840. The summed E-state index contributed by atoms with van der Waals surface area (Å²) in [5.74, 6) is -0.322. The number of nitrogens with one attached hydrogen (secondary N) is 1. The molecule has 0 aromatic carbocycles. The Morgan fingerprint density at radius 3 is 2.74 bits per heavy atom. The molecule has 1 fully saturated rings. The third-order valence-corrected chi connectivity index (χ3v) is 5.24. The van der Waals surface area contributed by atoms with Crippen LogP contribution in [0.5, 0.6) is 0 Å². The maximum Gasteiger partial charge on any atom is 0.371 e. The van der Waals surface area contributed by atoms with Gasteiger partial charge in [-0.1, -0.05) is 19.3 Å². The minimum Gasteiger partial charge on any atom is -0.475 e. The van der Waals surface area contributed by atoms with E-state index >= 15 is 0 Å². The molecule has 0 bridgehead atoms. The number of carboxylic acid groups (broad SMARTS) is 1. The van der Waals surface area contributed by atoms with Crippen LogP contribution in [-0.4, -0.2) is 28.6 Å². The van der Waals surface area contributed by atoms with Crippen molar-refractivity contribution in [3.8, 4) is 0 Å². The van der Waals surface area contributed by atoms with Gasteiger partial charge in [-0.2, -0.15) is 11.8 Å². The number of furan rings is 1. The lowest BCUT2D eigenvalue weighted by Gasteiger charge is -2.35. The second-order valence-electron chi connectivity index (χ2n) is 5.12. The fraction of sp³-hybridized carbons (Fsp3) is 0.643. The van der Waals surface area contributed by atoms with Gasteiger partial charge in [0.25, 0.3) is 0 Å². The van der Waals surface area contributed by atoms with Crippen molar-refractivity contribution in [3.63, 3.8) is 0 Å². The lowest BCUT2D eigenvalue weighted by Crippen LogP contribution is -2.39. The molecule has 1 aliphatic carbocycles. The summed E-state index contributed by atoms with van der Waals surface area (Å²) in [4.78, 5) is 10.7. The third-order valence-electron chi connectivity index (χ3n) is 3.82. The van der Waals surface area contributed by atoms with Crippen LogP contribution in [0.15, 0.2) is 16.5 Å². The van der Waals surface area contributed by atoms with Crippen LogP contribution in [0.1, 0.15) is 48.4 Å². The number of carboxylic acids is 1. The normalized spacial score (nSPS) is 18.4. The zero-order chi connectivity index (χ0) is 13.7. The van der Waals surface area contributed by atoms with E-state index in [1.807, 2.05) is 11.8 Å². The van der Waals surface area contributed by atoms with E-state index in [2.05, 4.69) is 11.6 Å². The van der Waals surface area contributed by atoms with E-state index in [-0.39, 0.29) is 5.76 Å². The van der Waals surface area contributed by atoms with Crippen LogP contribution < -0.4 is 5.32 Å². The highest BCUT2D eigenvalue weighted by atomic mass is 32.2. The van der Waals surface area contributed by atoms with Gasteiger partial charge in [-0.05, 0) is 31.2 Å². The molecule has 0 spiro atoms. The first-order chi connectivity index (χ1) is 9.15. The first-order valence-electron chi connectivity index (χ1n) is 6.73. The van der Waals surface area contributed by atoms with Gasteiger partial charge in [0.05, 0.1) is 6.54 Å². The Bertz CT molecular complexity index is 424. The van der Waals surface area contributed by atoms with Gasteiger partial charge in [0.1, 0.15) is 5.76 Å². The van der Waals surface area contributed by atoms with Crippen molar-refractivity contribution < 1.29 is 14.3 Å². The van der Waals surface area contributed by atoms with Crippen LogP contribution in [0.3, 0.4) is 0 Å². The average molecular weight is 283 g/mol. The lowest BCUT2D eigenvalue weighted by atomic mass is 9.88. The summed E-state index contributed by atoms with van der Waals surface area (Å²) in [7, 11) is 0. The monoisotopic (exact) mass is 283 g/mol. The predicted octanol–water partition coefficient (Wildman–Crippen LogP) is 3.13. The molecule has 1 aliphatic rings. The molecular weight excluding hydrogens is 262 g/mol. The zero-order valence-corrected chi connectivity index (χ0v) is 12.1. The number of hydrogen-bond acceptors (Lipinski definition) is 4. The van der Waals surface area contributed by atoms with Gasteiger partial charge in [0.15, 0.2) is 0 Å². The molecule has 1 saturated carbocycles. The van der Waals surface area contributed by atoms with Crippen molar-refractivity contribution in [2.24, 2.45) is 0 Å². The van der Waals surface area contributed by atoms with Crippen LogP contribution in [0.2, 0.25) is 0 Å². The molecule has 5 heteroatoms. The largest absolute Gasteiger partial charge is 0.475 e. The second kappa shape index (κ2) is 6.48. The Hall–Kier alpha value is -0.940. The molecule has 0 amide bonds. The van der Waals surface area contributed by atoms with E-state index in [4.69, 9.17) is 9.52 Å². The standard InChI is InChI=1S/C14H21NO3S/c1-19-14(7-3-2-4-8-14)10-15-9-11-5-6-12(18-11)13(16)17/h5-6,15H,2-4,7-10H2,1H3,(H,16,17). The maximum absolute atomic E-state index is 10.7. The first-order valence-corrected chi connectivity index (χ1v) is 7.96. The SMILES string of the molecule is CSC1(CNCc2ccc(C(=O)O)o2)CCCCC1. The molecule has 1 aromatic heterocycles. The average Bonchev–Trinajstić information content (AvgIpc) is 2.89. The Kier molecular flexibility index (Phi) is 4.93. The molecule has 1 aromatic rings. The van der Waals surface area contributed by atoms with E-state index < -0.39 is 5.97 Å². The number of hydrogen-bond donors (Lipinski definition) is 2. The van der Waals surface area contributed by atoms with Gasteiger partial charge < -0.3 is 14.8 Å². The number of aromatic carboxylic acids is 1. The van der Waals surface area contributed by atoms with Gasteiger partial charge in [-0.3, -0.25) is 0 Å². The third kappa shape index (κ3) is 3.76. The van der Waals surface area contributed by atoms with Crippen LogP contribution in [0.4, 0.5) is 0 Å². The minimum atomic E-state index is -1.01. The van der Waals surface area contributed by atoms with E-state index in [0.717, 1.165) is 6.54 Å². The topological polar surface area (TPSA) is 62.5 Å². The van der Waals surface area contributed by atoms with Gasteiger partial charge in [-0.25, -0.2) is 4.79 Å². The minimum absolute atomic E-state index is 0.00838. The fourth-order valence-corrected chi connectivity index (χ4v) is 3.59. The first kappa shape index (κ1) is 14.5. The zero-order valence-electron chi connectivity index (χ0n) is 11.3. The molecule has 0 atom stereocenters. The Morgan fingerprint density at radius 1 is 1.42 bits per heavy atom. The molecule has 1 heterocycles. The fourth-order valence-electron chi connectivity index (χ4n) is 2.65. The number of carbonyl (C=O) groups is 1. The van der Waals surface area contributed by atoms with Gasteiger partial charge in [-0.15, -0.1) is 0 Å².